The van der Waals surface area contributed by atoms with E-state index in [9.17, 15) is 4.79 Å². The van der Waals surface area contributed by atoms with Gasteiger partial charge in [-0.05, 0) is 24.1 Å². The number of carbonyl (C=O) groups excluding carboxylic acids is 1. The molecule has 1 atom stereocenters. The van der Waals surface area contributed by atoms with Crippen LogP contribution in [0.25, 0.3) is 0 Å². The Morgan fingerprint density at radius 1 is 1.50 bits per heavy atom. The second-order valence-electron chi connectivity index (χ2n) is 4.84. The van der Waals surface area contributed by atoms with E-state index in [0.717, 1.165) is 30.2 Å². The zero-order valence-corrected chi connectivity index (χ0v) is 12.4. The Hall–Kier alpha value is -1.51. The molecule has 0 spiro atoms. The van der Waals surface area contributed by atoms with Gasteiger partial charge in [-0.2, -0.15) is 5.26 Å². The highest BCUT2D eigenvalue weighted by molar-refractivity contribution is 7.99. The summed E-state index contributed by atoms with van der Waals surface area (Å²) >= 11 is 1.76. The first-order valence-corrected chi connectivity index (χ1v) is 7.99. The van der Waals surface area contributed by atoms with Crippen LogP contribution < -0.4 is 5.32 Å². The Balaban J connectivity index is 2.03. The Morgan fingerprint density at radius 3 is 2.80 bits per heavy atom. The van der Waals surface area contributed by atoms with Gasteiger partial charge in [0.15, 0.2) is 0 Å². The fraction of sp³-hybridized carbons (Fsp3) is 0.467. The molecule has 1 N–H and O–H groups in total. The smallest absolute Gasteiger partial charge is 0.240 e. The van der Waals surface area contributed by atoms with E-state index in [1.807, 2.05) is 17.0 Å². The van der Waals surface area contributed by atoms with Gasteiger partial charge in [-0.3, -0.25) is 10.1 Å². The number of nitriles is 1. The van der Waals surface area contributed by atoms with Crippen molar-refractivity contribution in [2.24, 2.45) is 0 Å². The van der Waals surface area contributed by atoms with E-state index >= 15 is 0 Å². The van der Waals surface area contributed by atoms with E-state index in [0.29, 0.717) is 12.1 Å². The number of rotatable bonds is 5. The van der Waals surface area contributed by atoms with E-state index in [1.54, 1.807) is 23.9 Å². The van der Waals surface area contributed by atoms with Gasteiger partial charge in [0.05, 0.1) is 17.7 Å². The molecule has 1 aliphatic rings. The summed E-state index contributed by atoms with van der Waals surface area (Å²) < 4.78 is 0. The number of carbonyl (C=O) groups is 1. The molecule has 1 fully saturated rings. The van der Waals surface area contributed by atoms with E-state index in [2.05, 4.69) is 18.3 Å². The lowest BCUT2D eigenvalue weighted by Gasteiger charge is -2.25. The lowest BCUT2D eigenvalue weighted by atomic mass is 10.1. The van der Waals surface area contributed by atoms with Crippen molar-refractivity contribution < 1.29 is 4.79 Å². The third-order valence-electron chi connectivity index (χ3n) is 3.28. The number of benzene rings is 1. The number of nitrogens with zero attached hydrogens (tertiary/aromatic N) is 2. The summed E-state index contributed by atoms with van der Waals surface area (Å²) in [6.45, 7) is 3.46. The van der Waals surface area contributed by atoms with Gasteiger partial charge in [-0.1, -0.05) is 19.1 Å². The molecule has 1 aromatic carbocycles. The van der Waals surface area contributed by atoms with Crippen LogP contribution in [0.1, 0.15) is 24.5 Å². The zero-order valence-electron chi connectivity index (χ0n) is 11.6. The minimum Gasteiger partial charge on any atom is -0.337 e. The van der Waals surface area contributed by atoms with Crippen LogP contribution >= 0.6 is 11.8 Å². The predicted octanol–water partition coefficient (Wildman–Crippen LogP) is 1.96. The molecule has 20 heavy (non-hydrogen) atoms. The monoisotopic (exact) mass is 289 g/mol. The Morgan fingerprint density at radius 2 is 2.25 bits per heavy atom. The number of hydrogen-bond donors (Lipinski definition) is 1. The molecule has 0 saturated carbocycles. The summed E-state index contributed by atoms with van der Waals surface area (Å²) in [4.78, 5) is 14.4. The van der Waals surface area contributed by atoms with Crippen molar-refractivity contribution in [2.45, 2.75) is 25.9 Å². The number of nitrogens with one attached hydrogen (secondary N) is 1. The summed E-state index contributed by atoms with van der Waals surface area (Å²) in [7, 11) is 0. The molecular formula is C15H19N3OS. The fourth-order valence-corrected chi connectivity index (χ4v) is 3.15. The van der Waals surface area contributed by atoms with Crippen LogP contribution in [-0.2, 0) is 11.3 Å². The van der Waals surface area contributed by atoms with Crippen LogP contribution in [0, 0.1) is 11.3 Å². The van der Waals surface area contributed by atoms with E-state index in [4.69, 9.17) is 5.26 Å². The minimum atomic E-state index is -0.0510. The fourth-order valence-electron chi connectivity index (χ4n) is 2.22. The molecule has 4 nitrogen and oxygen atoms in total. The van der Waals surface area contributed by atoms with Crippen LogP contribution in [0.5, 0.6) is 0 Å². The maximum atomic E-state index is 12.5. The topological polar surface area (TPSA) is 56.1 Å². The first-order chi connectivity index (χ1) is 9.74. The average Bonchev–Trinajstić information content (AvgIpc) is 3.01. The highest BCUT2D eigenvalue weighted by Crippen LogP contribution is 2.14. The van der Waals surface area contributed by atoms with Crippen molar-refractivity contribution in [1.29, 1.82) is 5.26 Å². The van der Waals surface area contributed by atoms with Gasteiger partial charge >= 0.3 is 0 Å². The molecule has 1 aromatic rings. The van der Waals surface area contributed by atoms with E-state index in [1.165, 1.54) is 0 Å². The second kappa shape index (κ2) is 7.32. The Kier molecular flexibility index (Phi) is 5.45. The van der Waals surface area contributed by atoms with Crippen molar-refractivity contribution in [2.75, 3.05) is 18.2 Å². The summed E-state index contributed by atoms with van der Waals surface area (Å²) in [5, 5.41) is 12.0. The van der Waals surface area contributed by atoms with Crippen molar-refractivity contribution in [3.63, 3.8) is 0 Å². The van der Waals surface area contributed by atoms with Gasteiger partial charge in [0.25, 0.3) is 0 Å². The Labute approximate surface area is 124 Å². The highest BCUT2D eigenvalue weighted by atomic mass is 32.2. The van der Waals surface area contributed by atoms with Crippen molar-refractivity contribution in [3.05, 3.63) is 35.4 Å². The van der Waals surface area contributed by atoms with E-state index < -0.39 is 0 Å². The third kappa shape index (κ3) is 3.75. The molecule has 1 aliphatic heterocycles. The zero-order chi connectivity index (χ0) is 14.4. The molecule has 0 aliphatic carbocycles. The number of hydrogen-bond acceptors (Lipinski definition) is 4. The average molecular weight is 289 g/mol. The van der Waals surface area contributed by atoms with Gasteiger partial charge < -0.3 is 4.90 Å². The van der Waals surface area contributed by atoms with Crippen molar-refractivity contribution in [3.8, 4) is 6.07 Å². The molecule has 1 heterocycles. The molecule has 0 bridgehead atoms. The molecule has 106 valence electrons. The van der Waals surface area contributed by atoms with E-state index in [-0.39, 0.29) is 11.9 Å². The lowest BCUT2D eigenvalue weighted by molar-refractivity contribution is -0.133. The standard InChI is InChI=1S/C15H19N3OS/c1-2-7-18(15(19)14-10-20-11-17-14)9-13-5-3-12(8-16)4-6-13/h3-6,14,17H,2,7,9-11H2,1H3. The maximum absolute atomic E-state index is 12.5. The molecule has 0 aromatic heterocycles. The minimum absolute atomic E-state index is 0.0510. The van der Waals surface area contributed by atoms with Crippen molar-refractivity contribution >= 4 is 17.7 Å². The normalized spacial score (nSPS) is 17.7. The SMILES string of the molecule is CCCN(Cc1ccc(C#N)cc1)C(=O)C1CSCN1. The summed E-state index contributed by atoms with van der Waals surface area (Å²) in [6, 6.07) is 9.50. The van der Waals surface area contributed by atoms with Crippen LogP contribution in [-0.4, -0.2) is 35.0 Å². The molecular weight excluding hydrogens is 270 g/mol. The first-order valence-electron chi connectivity index (χ1n) is 6.83. The van der Waals surface area contributed by atoms with Crippen LogP contribution in [0.15, 0.2) is 24.3 Å². The summed E-state index contributed by atoms with van der Waals surface area (Å²) in [5.41, 5.74) is 1.72. The van der Waals surface area contributed by atoms with Gasteiger partial charge in [-0.15, -0.1) is 11.8 Å². The molecule has 0 radical (unpaired) electrons. The van der Waals surface area contributed by atoms with Gasteiger partial charge in [0, 0.05) is 24.7 Å². The van der Waals surface area contributed by atoms with Gasteiger partial charge in [-0.25, -0.2) is 0 Å². The molecule has 1 amide bonds. The molecule has 2 rings (SSSR count). The van der Waals surface area contributed by atoms with Crippen LogP contribution in [0.2, 0.25) is 0 Å². The summed E-state index contributed by atoms with van der Waals surface area (Å²) in [5.74, 6) is 1.89. The quantitative estimate of drug-likeness (QED) is 0.900. The van der Waals surface area contributed by atoms with Gasteiger partial charge in [0.1, 0.15) is 0 Å². The largest absolute Gasteiger partial charge is 0.337 e. The lowest BCUT2D eigenvalue weighted by Crippen LogP contribution is -2.44. The molecule has 5 heteroatoms. The first kappa shape index (κ1) is 14.9. The van der Waals surface area contributed by atoms with Gasteiger partial charge in [0.2, 0.25) is 5.91 Å². The number of thioether (sulfide) groups is 1. The maximum Gasteiger partial charge on any atom is 0.240 e. The summed E-state index contributed by atoms with van der Waals surface area (Å²) in [6.07, 6.45) is 0.946. The molecule has 1 saturated heterocycles. The van der Waals surface area contributed by atoms with Crippen LogP contribution in [0.3, 0.4) is 0 Å². The van der Waals surface area contributed by atoms with Crippen molar-refractivity contribution in [1.82, 2.24) is 10.2 Å². The number of amides is 1. The molecule has 1 unspecified atom stereocenters. The second-order valence-corrected chi connectivity index (χ2v) is 5.87. The van der Waals surface area contributed by atoms with Crippen LogP contribution in [0.4, 0.5) is 0 Å². The highest BCUT2D eigenvalue weighted by Gasteiger charge is 2.26. The Bertz CT molecular complexity index is 489. The predicted molar refractivity (Wildman–Crippen MR) is 81.1 cm³/mol. The third-order valence-corrected chi connectivity index (χ3v) is 4.22.